The SMILES string of the molecule is O=c1nc(N2CC=C(C3=CC=CC(Cl)N3)CC2)ncn1Cc1ccc(C(F)(F)F)s1. The molecule has 30 heavy (non-hydrogen) atoms. The van der Waals surface area contributed by atoms with Crippen LogP contribution in [-0.2, 0) is 12.7 Å². The summed E-state index contributed by atoms with van der Waals surface area (Å²) in [6.07, 6.45) is 5.42. The standard InChI is InChI=1S/C19H17ClF3N5OS/c20-16-3-1-2-14(25-16)12-6-8-27(9-7-12)17-24-11-28(18(29)26-17)10-13-4-5-15(30-13)19(21,22)23/h1-6,11,16,25H,7-10H2. The van der Waals surface area contributed by atoms with E-state index in [9.17, 15) is 18.0 Å². The van der Waals surface area contributed by atoms with Crippen molar-refractivity contribution in [2.75, 3.05) is 18.0 Å². The number of aromatic nitrogens is 3. The molecular formula is C19H17ClF3N5OS. The van der Waals surface area contributed by atoms with Gasteiger partial charge in [-0.15, -0.1) is 11.3 Å². The number of hydrogen-bond donors (Lipinski definition) is 1. The molecule has 2 aliphatic rings. The van der Waals surface area contributed by atoms with Gasteiger partial charge in [-0.05, 0) is 36.3 Å². The predicted molar refractivity (Wildman–Crippen MR) is 110 cm³/mol. The highest BCUT2D eigenvalue weighted by Gasteiger charge is 2.32. The third-order valence-electron chi connectivity index (χ3n) is 4.70. The maximum Gasteiger partial charge on any atom is 0.425 e. The number of dihydropyridines is 1. The van der Waals surface area contributed by atoms with E-state index in [1.165, 1.54) is 17.0 Å². The molecule has 0 radical (unpaired) electrons. The number of nitrogens with one attached hydrogen (secondary N) is 1. The van der Waals surface area contributed by atoms with E-state index in [0.717, 1.165) is 23.8 Å². The minimum atomic E-state index is -4.39. The van der Waals surface area contributed by atoms with Gasteiger partial charge in [0.2, 0.25) is 5.95 Å². The lowest BCUT2D eigenvalue weighted by Crippen LogP contribution is -2.35. The Kier molecular flexibility index (Phi) is 5.70. The Balaban J connectivity index is 1.44. The van der Waals surface area contributed by atoms with Gasteiger partial charge in [0.05, 0.1) is 6.54 Å². The lowest BCUT2D eigenvalue weighted by molar-refractivity contribution is -0.134. The third-order valence-corrected chi connectivity index (χ3v) is 6.06. The Bertz CT molecular complexity index is 1090. The van der Waals surface area contributed by atoms with Gasteiger partial charge in [0.15, 0.2) is 0 Å². The summed E-state index contributed by atoms with van der Waals surface area (Å²) in [4.78, 5) is 22.2. The Morgan fingerprint density at radius 3 is 2.80 bits per heavy atom. The first-order chi connectivity index (χ1) is 14.3. The lowest BCUT2D eigenvalue weighted by Gasteiger charge is -2.28. The molecule has 0 aromatic carbocycles. The van der Waals surface area contributed by atoms with Crippen LogP contribution >= 0.6 is 22.9 Å². The summed E-state index contributed by atoms with van der Waals surface area (Å²) >= 11 is 6.69. The van der Waals surface area contributed by atoms with Crippen LogP contribution in [0.3, 0.4) is 0 Å². The quantitative estimate of drug-likeness (QED) is 0.564. The van der Waals surface area contributed by atoms with Crippen molar-refractivity contribution in [2.45, 2.75) is 24.6 Å². The summed E-state index contributed by atoms with van der Waals surface area (Å²) in [6, 6.07) is 2.37. The maximum absolute atomic E-state index is 12.7. The maximum atomic E-state index is 12.7. The van der Waals surface area contributed by atoms with Crippen LogP contribution in [0.25, 0.3) is 0 Å². The first kappa shape index (κ1) is 20.7. The van der Waals surface area contributed by atoms with Crippen LogP contribution in [0.5, 0.6) is 0 Å². The van der Waals surface area contributed by atoms with Crippen molar-refractivity contribution in [2.24, 2.45) is 0 Å². The van der Waals surface area contributed by atoms with Gasteiger partial charge in [0, 0.05) is 23.7 Å². The molecule has 158 valence electrons. The van der Waals surface area contributed by atoms with Crippen molar-refractivity contribution in [1.82, 2.24) is 19.9 Å². The molecule has 2 aromatic heterocycles. The Morgan fingerprint density at radius 1 is 1.33 bits per heavy atom. The van der Waals surface area contributed by atoms with Crippen LogP contribution in [0.4, 0.5) is 19.1 Å². The number of hydrogen-bond acceptors (Lipinski definition) is 6. The molecule has 0 saturated heterocycles. The van der Waals surface area contributed by atoms with Crippen LogP contribution in [0.15, 0.2) is 58.8 Å². The highest BCUT2D eigenvalue weighted by Crippen LogP contribution is 2.34. The van der Waals surface area contributed by atoms with E-state index in [-0.39, 0.29) is 12.0 Å². The first-order valence-corrected chi connectivity index (χ1v) is 10.4. The molecule has 0 amide bonds. The number of alkyl halides is 4. The smallest absolute Gasteiger partial charge is 0.366 e. The van der Waals surface area contributed by atoms with Gasteiger partial charge in [-0.3, -0.25) is 4.57 Å². The van der Waals surface area contributed by atoms with Gasteiger partial charge in [0.1, 0.15) is 16.7 Å². The van der Waals surface area contributed by atoms with Crippen molar-refractivity contribution in [1.29, 1.82) is 0 Å². The second-order valence-corrected chi connectivity index (χ2v) is 8.41. The Morgan fingerprint density at radius 2 is 2.17 bits per heavy atom. The third kappa shape index (κ3) is 4.59. The highest BCUT2D eigenvalue weighted by molar-refractivity contribution is 7.12. The molecule has 4 heterocycles. The van der Waals surface area contributed by atoms with E-state index >= 15 is 0 Å². The summed E-state index contributed by atoms with van der Waals surface area (Å²) < 4.78 is 39.4. The molecule has 0 fully saturated rings. The minimum Gasteiger partial charge on any atom is -0.366 e. The second-order valence-electron chi connectivity index (χ2n) is 6.77. The number of allylic oxidation sites excluding steroid dienone is 3. The van der Waals surface area contributed by atoms with Crippen molar-refractivity contribution >= 4 is 28.9 Å². The van der Waals surface area contributed by atoms with E-state index in [4.69, 9.17) is 11.6 Å². The van der Waals surface area contributed by atoms with Crippen molar-refractivity contribution in [3.8, 4) is 0 Å². The van der Waals surface area contributed by atoms with E-state index in [0.29, 0.717) is 35.3 Å². The van der Waals surface area contributed by atoms with Gasteiger partial charge in [-0.1, -0.05) is 23.8 Å². The Labute approximate surface area is 179 Å². The molecule has 11 heteroatoms. The molecule has 2 aliphatic heterocycles. The normalized spacial score (nSPS) is 19.3. The monoisotopic (exact) mass is 455 g/mol. The molecule has 1 N–H and O–H groups in total. The molecule has 1 atom stereocenters. The predicted octanol–water partition coefficient (Wildman–Crippen LogP) is 3.51. The van der Waals surface area contributed by atoms with E-state index < -0.39 is 16.7 Å². The number of rotatable bonds is 4. The zero-order valence-electron chi connectivity index (χ0n) is 15.6. The fourth-order valence-corrected chi connectivity index (χ4v) is 4.26. The van der Waals surface area contributed by atoms with Crippen LogP contribution in [0.2, 0.25) is 0 Å². The first-order valence-electron chi connectivity index (χ1n) is 9.12. The molecule has 0 bridgehead atoms. The summed E-state index contributed by atoms with van der Waals surface area (Å²) in [6.45, 7) is 1.16. The molecular weight excluding hydrogens is 439 g/mol. The number of anilines is 1. The second kappa shape index (κ2) is 8.27. The van der Waals surface area contributed by atoms with Crippen LogP contribution in [0, 0.1) is 0 Å². The Hall–Kier alpha value is -2.59. The summed E-state index contributed by atoms with van der Waals surface area (Å²) in [5.74, 6) is 0.300. The molecule has 6 nitrogen and oxygen atoms in total. The molecule has 4 rings (SSSR count). The van der Waals surface area contributed by atoms with Gasteiger partial charge in [-0.2, -0.15) is 18.2 Å². The summed E-state index contributed by atoms with van der Waals surface area (Å²) in [5.41, 5.74) is 1.31. The van der Waals surface area contributed by atoms with Crippen LogP contribution in [0.1, 0.15) is 16.2 Å². The fourth-order valence-electron chi connectivity index (χ4n) is 3.18. The minimum absolute atomic E-state index is 0.00313. The van der Waals surface area contributed by atoms with Gasteiger partial charge in [0.25, 0.3) is 0 Å². The van der Waals surface area contributed by atoms with Crippen LogP contribution < -0.4 is 15.9 Å². The topological polar surface area (TPSA) is 63.1 Å². The molecule has 2 aromatic rings. The van der Waals surface area contributed by atoms with Gasteiger partial charge >= 0.3 is 11.9 Å². The van der Waals surface area contributed by atoms with Gasteiger partial charge < -0.3 is 10.2 Å². The zero-order chi connectivity index (χ0) is 21.3. The largest absolute Gasteiger partial charge is 0.425 e. The molecule has 0 spiro atoms. The van der Waals surface area contributed by atoms with Crippen molar-refractivity contribution < 1.29 is 13.2 Å². The number of halogens is 4. The highest BCUT2D eigenvalue weighted by atomic mass is 35.5. The number of thiophene rings is 1. The summed E-state index contributed by atoms with van der Waals surface area (Å²) in [7, 11) is 0. The van der Waals surface area contributed by atoms with E-state index in [1.54, 1.807) is 0 Å². The molecule has 0 saturated carbocycles. The van der Waals surface area contributed by atoms with E-state index in [2.05, 4.69) is 15.3 Å². The van der Waals surface area contributed by atoms with Crippen molar-refractivity contribution in [3.63, 3.8) is 0 Å². The fraction of sp³-hybridized carbons (Fsp3) is 0.316. The lowest BCUT2D eigenvalue weighted by atomic mass is 10.0. The van der Waals surface area contributed by atoms with Crippen LogP contribution in [-0.4, -0.2) is 33.1 Å². The zero-order valence-corrected chi connectivity index (χ0v) is 17.1. The van der Waals surface area contributed by atoms with Gasteiger partial charge in [-0.25, -0.2) is 9.78 Å². The average Bonchev–Trinajstić information content (AvgIpc) is 3.19. The summed E-state index contributed by atoms with van der Waals surface area (Å²) in [5, 5.41) is 3.19. The average molecular weight is 456 g/mol. The van der Waals surface area contributed by atoms with Crippen molar-refractivity contribution in [3.05, 3.63) is 74.3 Å². The molecule has 1 unspecified atom stereocenters. The number of nitrogens with zero attached hydrogens (tertiary/aromatic N) is 4. The van der Waals surface area contributed by atoms with E-state index in [1.807, 2.05) is 29.2 Å². The molecule has 0 aliphatic carbocycles.